The smallest absolute Gasteiger partial charge is 0.328 e. The van der Waals surface area contributed by atoms with Crippen LogP contribution in [0.2, 0.25) is 0 Å². The van der Waals surface area contributed by atoms with E-state index < -0.39 is 5.97 Å². The van der Waals surface area contributed by atoms with Gasteiger partial charge in [0.25, 0.3) is 0 Å². The van der Waals surface area contributed by atoms with Gasteiger partial charge in [0.2, 0.25) is 5.91 Å². The van der Waals surface area contributed by atoms with Crippen molar-refractivity contribution >= 4 is 17.6 Å². The van der Waals surface area contributed by atoms with Crippen molar-refractivity contribution in [3.05, 3.63) is 36.4 Å². The number of hydrogen-bond donors (Lipinski definition) is 1. The van der Waals surface area contributed by atoms with Crippen LogP contribution in [-0.2, 0) is 9.59 Å². The number of carbonyl (C=O) groups excluding carboxylic acids is 1. The van der Waals surface area contributed by atoms with Crippen LogP contribution in [0.4, 0.5) is 5.69 Å². The summed E-state index contributed by atoms with van der Waals surface area (Å²) in [5, 5.41) is 8.52. The maximum atomic E-state index is 11.8. The molecule has 112 valence electrons. The summed E-state index contributed by atoms with van der Waals surface area (Å²) in [4.78, 5) is 26.0. The fraction of sp³-hybridized carbons (Fsp3) is 0.333. The number of rotatable bonds is 4. The Morgan fingerprint density at radius 3 is 2.24 bits per heavy atom. The lowest BCUT2D eigenvalue weighted by Gasteiger charge is -2.35. The highest BCUT2D eigenvalue weighted by Crippen LogP contribution is 2.20. The van der Waals surface area contributed by atoms with Gasteiger partial charge >= 0.3 is 5.97 Å². The van der Waals surface area contributed by atoms with Crippen molar-refractivity contribution in [1.29, 1.82) is 0 Å². The standard InChI is InChI=1S/C15H18N2O4/c1-21-13-4-2-12(3-5-13)16-8-10-17(11-9-16)14(18)6-7-15(19)20/h2-7H,8-11H2,1H3,(H,19,20). The molecule has 0 aliphatic carbocycles. The first kappa shape index (κ1) is 14.9. The summed E-state index contributed by atoms with van der Waals surface area (Å²) in [6.45, 7) is 2.60. The molecule has 0 bridgehead atoms. The molecule has 1 aromatic rings. The number of amides is 1. The normalized spacial score (nSPS) is 15.3. The van der Waals surface area contributed by atoms with Crippen LogP contribution in [-0.4, -0.2) is 55.2 Å². The Labute approximate surface area is 123 Å². The van der Waals surface area contributed by atoms with Gasteiger partial charge in [-0.3, -0.25) is 4.79 Å². The van der Waals surface area contributed by atoms with E-state index in [2.05, 4.69) is 4.90 Å². The minimum atomic E-state index is -1.11. The Hall–Kier alpha value is -2.50. The van der Waals surface area contributed by atoms with Crippen LogP contribution in [0.15, 0.2) is 36.4 Å². The quantitative estimate of drug-likeness (QED) is 0.837. The van der Waals surface area contributed by atoms with Gasteiger partial charge in [-0.2, -0.15) is 0 Å². The zero-order chi connectivity index (χ0) is 15.2. The predicted octanol–water partition coefficient (Wildman–Crippen LogP) is 0.985. The van der Waals surface area contributed by atoms with Crippen molar-refractivity contribution < 1.29 is 19.4 Å². The Morgan fingerprint density at radius 1 is 1.10 bits per heavy atom. The lowest BCUT2D eigenvalue weighted by molar-refractivity contribution is -0.132. The molecule has 0 radical (unpaired) electrons. The molecular weight excluding hydrogens is 272 g/mol. The van der Waals surface area contributed by atoms with Gasteiger partial charge < -0.3 is 19.6 Å². The minimum absolute atomic E-state index is 0.258. The third kappa shape index (κ3) is 3.98. The number of ether oxygens (including phenoxy) is 1. The topological polar surface area (TPSA) is 70.1 Å². The van der Waals surface area contributed by atoms with Crippen molar-refractivity contribution in [2.75, 3.05) is 38.2 Å². The Kier molecular flexibility index (Phi) is 4.81. The third-order valence-corrected chi connectivity index (χ3v) is 3.40. The summed E-state index contributed by atoms with van der Waals surface area (Å²) in [6.07, 6.45) is 1.98. The highest BCUT2D eigenvalue weighted by atomic mass is 16.5. The van der Waals surface area contributed by atoms with Crippen molar-refractivity contribution in [1.82, 2.24) is 4.90 Å². The van der Waals surface area contributed by atoms with Gasteiger partial charge in [-0.15, -0.1) is 0 Å². The number of carboxylic acid groups (broad SMARTS) is 1. The van der Waals surface area contributed by atoms with Crippen LogP contribution < -0.4 is 9.64 Å². The number of aliphatic carboxylic acids is 1. The first-order valence-electron chi connectivity index (χ1n) is 6.69. The lowest BCUT2D eigenvalue weighted by atomic mass is 10.2. The van der Waals surface area contributed by atoms with Crippen molar-refractivity contribution in [2.24, 2.45) is 0 Å². The van der Waals surface area contributed by atoms with Crippen LogP contribution in [0.5, 0.6) is 5.75 Å². The van der Waals surface area contributed by atoms with E-state index >= 15 is 0 Å². The zero-order valence-corrected chi connectivity index (χ0v) is 11.9. The highest BCUT2D eigenvalue weighted by Gasteiger charge is 2.19. The molecule has 1 aliphatic heterocycles. The third-order valence-electron chi connectivity index (χ3n) is 3.40. The van der Waals surface area contributed by atoms with Crippen LogP contribution >= 0.6 is 0 Å². The number of nitrogens with zero attached hydrogens (tertiary/aromatic N) is 2. The van der Waals surface area contributed by atoms with Gasteiger partial charge in [0.1, 0.15) is 5.75 Å². The molecule has 0 spiro atoms. The zero-order valence-electron chi connectivity index (χ0n) is 11.9. The van der Waals surface area contributed by atoms with Gasteiger partial charge in [-0.1, -0.05) is 0 Å². The summed E-state index contributed by atoms with van der Waals surface area (Å²) in [5.74, 6) is -0.557. The number of methoxy groups -OCH3 is 1. The van der Waals surface area contributed by atoms with Crippen LogP contribution in [0.1, 0.15) is 0 Å². The summed E-state index contributed by atoms with van der Waals surface area (Å²) in [7, 11) is 1.63. The molecule has 0 unspecified atom stereocenters. The molecule has 0 aromatic heterocycles. The lowest BCUT2D eigenvalue weighted by Crippen LogP contribution is -2.48. The molecule has 6 nitrogen and oxygen atoms in total. The van der Waals surface area contributed by atoms with Crippen molar-refractivity contribution in [3.8, 4) is 5.75 Å². The molecule has 0 atom stereocenters. The molecule has 0 saturated carbocycles. The Morgan fingerprint density at radius 2 is 1.71 bits per heavy atom. The minimum Gasteiger partial charge on any atom is -0.497 e. The van der Waals surface area contributed by atoms with E-state index in [0.29, 0.717) is 13.1 Å². The summed E-state index contributed by atoms with van der Waals surface area (Å²) in [5.41, 5.74) is 1.09. The van der Waals surface area contributed by atoms with E-state index in [9.17, 15) is 9.59 Å². The maximum absolute atomic E-state index is 11.8. The van der Waals surface area contributed by atoms with Crippen LogP contribution in [0.25, 0.3) is 0 Å². The number of anilines is 1. The largest absolute Gasteiger partial charge is 0.497 e. The second kappa shape index (κ2) is 6.78. The number of benzene rings is 1. The molecule has 2 rings (SSSR count). The summed E-state index contributed by atoms with van der Waals surface area (Å²) < 4.78 is 5.12. The fourth-order valence-electron chi connectivity index (χ4n) is 2.23. The van der Waals surface area contributed by atoms with Crippen molar-refractivity contribution in [3.63, 3.8) is 0 Å². The second-order valence-electron chi connectivity index (χ2n) is 4.68. The molecule has 1 amide bonds. The maximum Gasteiger partial charge on any atom is 0.328 e. The van der Waals surface area contributed by atoms with Gasteiger partial charge in [0, 0.05) is 44.0 Å². The first-order chi connectivity index (χ1) is 10.1. The monoisotopic (exact) mass is 290 g/mol. The summed E-state index contributed by atoms with van der Waals surface area (Å²) >= 11 is 0. The van der Waals surface area contributed by atoms with E-state index in [1.165, 1.54) is 0 Å². The highest BCUT2D eigenvalue weighted by molar-refractivity contribution is 5.94. The van der Waals surface area contributed by atoms with E-state index in [1.54, 1.807) is 12.0 Å². The molecule has 1 N–H and O–H groups in total. The second-order valence-corrected chi connectivity index (χ2v) is 4.68. The van der Waals surface area contributed by atoms with Crippen molar-refractivity contribution in [2.45, 2.75) is 0 Å². The first-order valence-corrected chi connectivity index (χ1v) is 6.69. The molecule has 1 saturated heterocycles. The Balaban J connectivity index is 1.90. The predicted molar refractivity (Wildman–Crippen MR) is 78.6 cm³/mol. The van der Waals surface area contributed by atoms with E-state index in [4.69, 9.17) is 9.84 Å². The number of carbonyl (C=O) groups is 2. The van der Waals surface area contributed by atoms with E-state index in [1.807, 2.05) is 24.3 Å². The average molecular weight is 290 g/mol. The SMILES string of the molecule is COc1ccc(N2CCN(C(=O)C=CC(=O)O)CC2)cc1. The molecule has 6 heteroatoms. The summed E-state index contributed by atoms with van der Waals surface area (Å²) in [6, 6.07) is 7.78. The van der Waals surface area contributed by atoms with Gasteiger partial charge in [-0.05, 0) is 24.3 Å². The van der Waals surface area contributed by atoms with E-state index in [-0.39, 0.29) is 5.91 Å². The fourth-order valence-corrected chi connectivity index (χ4v) is 2.23. The average Bonchev–Trinajstić information content (AvgIpc) is 2.53. The molecule has 21 heavy (non-hydrogen) atoms. The number of piperazine rings is 1. The van der Waals surface area contributed by atoms with Crippen LogP contribution in [0, 0.1) is 0 Å². The van der Waals surface area contributed by atoms with Crippen LogP contribution in [0.3, 0.4) is 0 Å². The van der Waals surface area contributed by atoms with Gasteiger partial charge in [-0.25, -0.2) is 4.79 Å². The molecule has 1 fully saturated rings. The van der Waals surface area contributed by atoms with E-state index in [0.717, 1.165) is 36.7 Å². The molecule has 1 aromatic carbocycles. The molecule has 1 heterocycles. The number of hydrogen-bond acceptors (Lipinski definition) is 4. The molecule has 1 aliphatic rings. The van der Waals surface area contributed by atoms with Gasteiger partial charge in [0.05, 0.1) is 7.11 Å². The number of carboxylic acids is 1. The van der Waals surface area contributed by atoms with Gasteiger partial charge in [0.15, 0.2) is 0 Å². The molecular formula is C15H18N2O4. The Bertz CT molecular complexity index is 531.